The van der Waals surface area contributed by atoms with Crippen LogP contribution in [0.15, 0.2) is 0 Å². The minimum Gasteiger partial charge on any atom is -0.481 e. The van der Waals surface area contributed by atoms with Gasteiger partial charge >= 0.3 is 5.97 Å². The van der Waals surface area contributed by atoms with E-state index in [0.717, 1.165) is 25.6 Å². The summed E-state index contributed by atoms with van der Waals surface area (Å²) in [7, 11) is -1.44. The second-order valence-corrected chi connectivity index (χ2v) is 8.50. The van der Waals surface area contributed by atoms with Crippen LogP contribution in [-0.2, 0) is 9.22 Å². The highest BCUT2D eigenvalue weighted by Gasteiger charge is 2.20. The van der Waals surface area contributed by atoms with Gasteiger partial charge in [-0.3, -0.25) is 4.79 Å². The van der Waals surface area contributed by atoms with Gasteiger partial charge in [-0.25, -0.2) is 0 Å². The Kier molecular flexibility index (Phi) is 7.64. The average molecular weight is 233 g/mol. The highest BCUT2D eigenvalue weighted by atomic mass is 28.4. The average Bonchev–Trinajstić information content (AvgIpc) is 2.10. The van der Waals surface area contributed by atoms with Gasteiger partial charge in [-0.05, 0) is 39.0 Å². The van der Waals surface area contributed by atoms with Crippen molar-refractivity contribution < 1.29 is 14.3 Å². The fourth-order valence-corrected chi connectivity index (χ4v) is 3.38. The molecule has 0 aliphatic rings. The summed E-state index contributed by atoms with van der Waals surface area (Å²) < 4.78 is 5.69. The number of hydrogen-bond donors (Lipinski definition) is 2. The highest BCUT2D eigenvalue weighted by molar-refractivity contribution is 6.71. The van der Waals surface area contributed by atoms with Gasteiger partial charge in [0.05, 0.1) is 6.42 Å². The fraction of sp³-hybridized carbons (Fsp3) is 0.900. The first-order valence-electron chi connectivity index (χ1n) is 5.54. The lowest BCUT2D eigenvalue weighted by molar-refractivity contribution is -0.136. The smallest absolute Gasteiger partial charge is 0.304 e. The topological polar surface area (TPSA) is 58.6 Å². The standard InChI is InChI=1S/C10H23NO3Si/c1-4-14-15(2,3)9-5-7-11-8-6-10(12)13/h11H,4-9H2,1-3H3,(H,12,13). The largest absolute Gasteiger partial charge is 0.481 e. The van der Waals surface area contributed by atoms with Crippen LogP contribution < -0.4 is 5.32 Å². The van der Waals surface area contributed by atoms with Gasteiger partial charge in [-0.1, -0.05) is 0 Å². The highest BCUT2D eigenvalue weighted by Crippen LogP contribution is 2.12. The Balaban J connectivity index is 3.34. The van der Waals surface area contributed by atoms with Gasteiger partial charge in [0.2, 0.25) is 0 Å². The summed E-state index contributed by atoms with van der Waals surface area (Å²) in [5, 5.41) is 11.5. The first kappa shape index (κ1) is 14.6. The second kappa shape index (κ2) is 7.84. The molecule has 0 atom stereocenters. The van der Waals surface area contributed by atoms with Crippen molar-refractivity contribution in [1.82, 2.24) is 5.32 Å². The summed E-state index contributed by atoms with van der Waals surface area (Å²) >= 11 is 0. The molecule has 0 rings (SSSR count). The Hall–Kier alpha value is -0.393. The van der Waals surface area contributed by atoms with Crippen LogP contribution >= 0.6 is 0 Å². The van der Waals surface area contributed by atoms with Gasteiger partial charge in [0.25, 0.3) is 0 Å². The molecule has 0 aromatic rings. The molecule has 0 aliphatic carbocycles. The molecule has 4 nitrogen and oxygen atoms in total. The van der Waals surface area contributed by atoms with E-state index in [1.54, 1.807) is 0 Å². The fourth-order valence-electron chi connectivity index (χ4n) is 1.42. The number of carboxylic acid groups (broad SMARTS) is 1. The first-order chi connectivity index (χ1) is 6.98. The summed E-state index contributed by atoms with van der Waals surface area (Å²) in [5.74, 6) is -0.744. The molecular weight excluding hydrogens is 210 g/mol. The van der Waals surface area contributed by atoms with Crippen LogP contribution in [0.5, 0.6) is 0 Å². The molecule has 0 heterocycles. The number of carbonyl (C=O) groups is 1. The molecule has 0 radical (unpaired) electrons. The van der Waals surface area contributed by atoms with E-state index in [1.807, 2.05) is 6.92 Å². The number of rotatable bonds is 9. The van der Waals surface area contributed by atoms with Crippen molar-refractivity contribution >= 4 is 14.3 Å². The molecule has 0 amide bonds. The summed E-state index contributed by atoms with van der Waals surface area (Å²) in [6.45, 7) is 8.70. The van der Waals surface area contributed by atoms with Gasteiger partial charge < -0.3 is 14.8 Å². The molecule has 0 aromatic heterocycles. The summed E-state index contributed by atoms with van der Waals surface area (Å²) in [6, 6.07) is 1.13. The van der Waals surface area contributed by atoms with Crippen molar-refractivity contribution in [2.45, 2.75) is 38.9 Å². The van der Waals surface area contributed by atoms with Gasteiger partial charge in [-0.15, -0.1) is 0 Å². The zero-order chi connectivity index (χ0) is 11.7. The van der Waals surface area contributed by atoms with Crippen LogP contribution in [0.3, 0.4) is 0 Å². The van der Waals surface area contributed by atoms with Crippen LogP contribution in [0.1, 0.15) is 19.8 Å². The monoisotopic (exact) mass is 233 g/mol. The van der Waals surface area contributed by atoms with E-state index in [0.29, 0.717) is 6.54 Å². The number of nitrogens with one attached hydrogen (secondary N) is 1. The molecule has 0 unspecified atom stereocenters. The van der Waals surface area contributed by atoms with Crippen molar-refractivity contribution in [1.29, 1.82) is 0 Å². The lowest BCUT2D eigenvalue weighted by Gasteiger charge is -2.21. The van der Waals surface area contributed by atoms with E-state index in [-0.39, 0.29) is 6.42 Å². The number of hydrogen-bond acceptors (Lipinski definition) is 3. The van der Waals surface area contributed by atoms with E-state index >= 15 is 0 Å². The lowest BCUT2D eigenvalue weighted by Crippen LogP contribution is -2.31. The number of aliphatic carboxylic acids is 1. The van der Waals surface area contributed by atoms with Gasteiger partial charge in [0.15, 0.2) is 8.32 Å². The van der Waals surface area contributed by atoms with Crippen LogP contribution in [0.2, 0.25) is 19.1 Å². The van der Waals surface area contributed by atoms with Gasteiger partial charge in [0, 0.05) is 13.2 Å². The first-order valence-corrected chi connectivity index (χ1v) is 8.66. The van der Waals surface area contributed by atoms with E-state index in [2.05, 4.69) is 18.4 Å². The molecule has 15 heavy (non-hydrogen) atoms. The Morgan fingerprint density at radius 2 is 2.07 bits per heavy atom. The maximum atomic E-state index is 10.2. The predicted octanol–water partition coefficient (Wildman–Crippen LogP) is 1.68. The maximum Gasteiger partial charge on any atom is 0.304 e. The Bertz CT molecular complexity index is 186. The molecule has 2 N–H and O–H groups in total. The molecule has 90 valence electrons. The summed E-state index contributed by atoms with van der Waals surface area (Å²) in [4.78, 5) is 10.2. The third-order valence-electron chi connectivity index (χ3n) is 2.18. The summed E-state index contributed by atoms with van der Waals surface area (Å²) in [5.41, 5.74) is 0. The van der Waals surface area contributed by atoms with E-state index < -0.39 is 14.3 Å². The minimum absolute atomic E-state index is 0.201. The van der Waals surface area contributed by atoms with E-state index in [1.165, 1.54) is 0 Å². The molecule has 0 fully saturated rings. The van der Waals surface area contributed by atoms with Crippen LogP contribution in [0, 0.1) is 0 Å². The zero-order valence-electron chi connectivity index (χ0n) is 10.0. The van der Waals surface area contributed by atoms with Crippen LogP contribution in [0.4, 0.5) is 0 Å². The van der Waals surface area contributed by atoms with Gasteiger partial charge in [-0.2, -0.15) is 0 Å². The molecule has 0 aliphatic heterocycles. The molecule has 0 saturated heterocycles. The normalized spacial score (nSPS) is 11.7. The maximum absolute atomic E-state index is 10.2. The SMILES string of the molecule is CCO[Si](C)(C)CCCNCCC(=O)O. The van der Waals surface area contributed by atoms with Gasteiger partial charge in [0.1, 0.15) is 0 Å². The number of carboxylic acids is 1. The summed E-state index contributed by atoms with van der Waals surface area (Å²) in [6.07, 6.45) is 1.27. The molecule has 5 heteroatoms. The van der Waals surface area contributed by atoms with Crippen molar-refractivity contribution in [3.05, 3.63) is 0 Å². The molecular formula is C10H23NO3Si. The van der Waals surface area contributed by atoms with E-state index in [9.17, 15) is 4.79 Å². The second-order valence-electron chi connectivity index (χ2n) is 4.19. The Morgan fingerprint density at radius 3 is 2.60 bits per heavy atom. The predicted molar refractivity (Wildman–Crippen MR) is 63.7 cm³/mol. The molecule has 0 bridgehead atoms. The van der Waals surface area contributed by atoms with Crippen molar-refractivity contribution in [3.8, 4) is 0 Å². The molecule has 0 aromatic carbocycles. The van der Waals surface area contributed by atoms with Crippen LogP contribution in [0.25, 0.3) is 0 Å². The minimum atomic E-state index is -1.44. The quantitative estimate of drug-likeness (QED) is 0.470. The lowest BCUT2D eigenvalue weighted by atomic mass is 10.4. The van der Waals surface area contributed by atoms with Crippen molar-refractivity contribution in [2.75, 3.05) is 19.7 Å². The van der Waals surface area contributed by atoms with Crippen LogP contribution in [-0.4, -0.2) is 39.1 Å². The Morgan fingerprint density at radius 1 is 1.40 bits per heavy atom. The molecule has 0 spiro atoms. The third kappa shape index (κ3) is 9.90. The van der Waals surface area contributed by atoms with Crippen molar-refractivity contribution in [3.63, 3.8) is 0 Å². The Labute approximate surface area is 93.1 Å². The molecule has 0 saturated carbocycles. The van der Waals surface area contributed by atoms with E-state index in [4.69, 9.17) is 9.53 Å². The zero-order valence-corrected chi connectivity index (χ0v) is 11.0. The van der Waals surface area contributed by atoms with Crippen molar-refractivity contribution in [2.24, 2.45) is 0 Å². The third-order valence-corrected chi connectivity index (χ3v) is 4.81.